The minimum absolute atomic E-state index is 0.767. The Balaban J connectivity index is 1.25. The molecule has 1 saturated heterocycles. The van der Waals surface area contributed by atoms with Crippen molar-refractivity contribution in [3.8, 4) is 0 Å². The number of likely N-dealkylation sites (N-methyl/N-ethyl adjacent to an activating group) is 1. The summed E-state index contributed by atoms with van der Waals surface area (Å²) in [5.41, 5.74) is 0. The van der Waals surface area contributed by atoms with Gasteiger partial charge in [0.2, 0.25) is 5.95 Å². The molecule has 0 unspecified atom stereocenters. The summed E-state index contributed by atoms with van der Waals surface area (Å²) in [5, 5.41) is 3.47. The lowest BCUT2D eigenvalue weighted by molar-refractivity contribution is 0.115. The van der Waals surface area contributed by atoms with Crippen molar-refractivity contribution in [2.45, 2.75) is 19.3 Å². The zero-order chi connectivity index (χ0) is 19.6. The van der Waals surface area contributed by atoms with Gasteiger partial charge in [-0.25, -0.2) is 9.97 Å². The Hall–Kier alpha value is -1.93. The first-order chi connectivity index (χ1) is 13.8. The molecule has 1 N–H and O–H groups in total. The predicted octanol–water partition coefficient (Wildman–Crippen LogP) is 0.923. The van der Waals surface area contributed by atoms with Crippen LogP contribution in [0, 0.1) is 5.92 Å². The molecule has 0 atom stereocenters. The molecule has 3 rings (SSSR count). The van der Waals surface area contributed by atoms with Crippen molar-refractivity contribution in [1.29, 1.82) is 0 Å². The molecule has 1 aromatic rings. The van der Waals surface area contributed by atoms with Crippen LogP contribution in [0.15, 0.2) is 23.5 Å². The molecule has 0 aromatic carbocycles. The average molecular weight is 390 g/mol. The molecule has 2 heterocycles. The summed E-state index contributed by atoms with van der Waals surface area (Å²) in [6, 6.07) is 1.86. The highest BCUT2D eigenvalue weighted by atomic mass is 16.5. The molecular weight excluding hydrogens is 354 g/mol. The molecule has 0 radical (unpaired) electrons. The Kier molecular flexibility index (Phi) is 8.29. The highest BCUT2D eigenvalue weighted by molar-refractivity contribution is 5.79. The molecule has 0 amide bonds. The third-order valence-electron chi connectivity index (χ3n) is 5.34. The molecule has 156 valence electrons. The third kappa shape index (κ3) is 6.91. The van der Waals surface area contributed by atoms with E-state index in [1.54, 1.807) is 0 Å². The summed E-state index contributed by atoms with van der Waals surface area (Å²) >= 11 is 0. The van der Waals surface area contributed by atoms with E-state index in [4.69, 9.17) is 4.74 Å². The van der Waals surface area contributed by atoms with Gasteiger partial charge >= 0.3 is 0 Å². The van der Waals surface area contributed by atoms with E-state index in [0.717, 1.165) is 83.3 Å². The van der Waals surface area contributed by atoms with Crippen LogP contribution in [-0.4, -0.2) is 98.8 Å². The Morgan fingerprint density at radius 3 is 2.68 bits per heavy atom. The van der Waals surface area contributed by atoms with Crippen molar-refractivity contribution in [3.05, 3.63) is 18.5 Å². The molecule has 1 aliphatic heterocycles. The molecule has 2 aliphatic rings. The molecule has 1 saturated carbocycles. The fourth-order valence-electron chi connectivity index (χ4n) is 3.36. The van der Waals surface area contributed by atoms with E-state index in [-0.39, 0.29) is 0 Å². The topological polar surface area (TPSA) is 69.1 Å². The van der Waals surface area contributed by atoms with E-state index < -0.39 is 0 Å². The highest BCUT2D eigenvalue weighted by Crippen LogP contribution is 2.28. The Bertz CT molecular complexity index is 585. The number of piperazine rings is 1. The minimum atomic E-state index is 0.767. The van der Waals surface area contributed by atoms with Crippen LogP contribution in [0.2, 0.25) is 0 Å². The summed E-state index contributed by atoms with van der Waals surface area (Å²) in [6.07, 6.45) is 7.40. The average Bonchev–Trinajstić information content (AvgIpc) is 3.57. The quantitative estimate of drug-likeness (QED) is 0.363. The molecule has 1 aromatic heterocycles. The first-order valence-corrected chi connectivity index (χ1v) is 10.5. The first-order valence-electron chi connectivity index (χ1n) is 10.5. The van der Waals surface area contributed by atoms with Gasteiger partial charge in [0.1, 0.15) is 0 Å². The van der Waals surface area contributed by atoms with Crippen molar-refractivity contribution in [1.82, 2.24) is 25.1 Å². The third-order valence-corrected chi connectivity index (χ3v) is 5.34. The minimum Gasteiger partial charge on any atom is -0.379 e. The smallest absolute Gasteiger partial charge is 0.225 e. The molecule has 1 aliphatic carbocycles. The summed E-state index contributed by atoms with van der Waals surface area (Å²) in [4.78, 5) is 20.0. The number of guanidine groups is 1. The molecule has 8 heteroatoms. The van der Waals surface area contributed by atoms with Crippen molar-refractivity contribution in [2.24, 2.45) is 10.9 Å². The number of aliphatic imine (C=N–C) groups is 1. The number of nitrogens with zero attached hydrogens (tertiary/aromatic N) is 6. The lowest BCUT2D eigenvalue weighted by Crippen LogP contribution is -2.48. The molecule has 2 fully saturated rings. The lowest BCUT2D eigenvalue weighted by atomic mass is 10.3. The van der Waals surface area contributed by atoms with Gasteiger partial charge in [-0.05, 0) is 37.8 Å². The number of ether oxygens (including phenoxy) is 1. The normalized spacial score (nSPS) is 18.4. The van der Waals surface area contributed by atoms with E-state index >= 15 is 0 Å². The summed E-state index contributed by atoms with van der Waals surface area (Å²) in [5.74, 6) is 2.61. The second kappa shape index (κ2) is 11.2. The lowest BCUT2D eigenvalue weighted by Gasteiger charge is -2.34. The van der Waals surface area contributed by atoms with E-state index in [1.807, 2.05) is 25.5 Å². The van der Waals surface area contributed by atoms with Gasteiger partial charge in [-0.2, -0.15) is 0 Å². The van der Waals surface area contributed by atoms with Gasteiger partial charge in [0.25, 0.3) is 0 Å². The Morgan fingerprint density at radius 2 is 2.00 bits per heavy atom. The Morgan fingerprint density at radius 1 is 1.25 bits per heavy atom. The zero-order valence-corrected chi connectivity index (χ0v) is 17.4. The molecule has 28 heavy (non-hydrogen) atoms. The molecule has 0 spiro atoms. The fourth-order valence-corrected chi connectivity index (χ4v) is 3.36. The SMILES string of the molecule is CN=C(NCCCN1CCN(c2ncccn2)CC1)N(C)CCOCC1CC1. The maximum atomic E-state index is 5.72. The highest BCUT2D eigenvalue weighted by Gasteiger charge is 2.21. The van der Waals surface area contributed by atoms with Crippen LogP contribution in [0.5, 0.6) is 0 Å². The van der Waals surface area contributed by atoms with Crippen LogP contribution in [-0.2, 0) is 4.74 Å². The Labute approximate surface area is 169 Å². The van der Waals surface area contributed by atoms with Crippen molar-refractivity contribution in [3.63, 3.8) is 0 Å². The van der Waals surface area contributed by atoms with Gasteiger partial charge in [0.15, 0.2) is 5.96 Å². The number of hydrogen-bond donors (Lipinski definition) is 1. The fraction of sp³-hybridized carbons (Fsp3) is 0.750. The first kappa shape index (κ1) is 20.8. The second-order valence-corrected chi connectivity index (χ2v) is 7.64. The van der Waals surface area contributed by atoms with Gasteiger partial charge in [-0.3, -0.25) is 9.89 Å². The number of hydrogen-bond acceptors (Lipinski definition) is 6. The van der Waals surface area contributed by atoms with E-state index in [2.05, 4.69) is 42.0 Å². The van der Waals surface area contributed by atoms with Crippen LogP contribution in [0.25, 0.3) is 0 Å². The van der Waals surface area contributed by atoms with E-state index in [1.165, 1.54) is 12.8 Å². The van der Waals surface area contributed by atoms with Crippen LogP contribution >= 0.6 is 0 Å². The van der Waals surface area contributed by atoms with Crippen molar-refractivity contribution >= 4 is 11.9 Å². The monoisotopic (exact) mass is 389 g/mol. The summed E-state index contributed by atoms with van der Waals surface area (Å²) < 4.78 is 5.72. The zero-order valence-electron chi connectivity index (χ0n) is 17.4. The van der Waals surface area contributed by atoms with Gasteiger partial charge < -0.3 is 19.9 Å². The van der Waals surface area contributed by atoms with E-state index in [0.29, 0.717) is 0 Å². The number of rotatable bonds is 10. The molecule has 0 bridgehead atoms. The van der Waals surface area contributed by atoms with E-state index in [9.17, 15) is 0 Å². The van der Waals surface area contributed by atoms with Crippen LogP contribution in [0.4, 0.5) is 5.95 Å². The van der Waals surface area contributed by atoms with Crippen LogP contribution < -0.4 is 10.2 Å². The van der Waals surface area contributed by atoms with Crippen LogP contribution in [0.1, 0.15) is 19.3 Å². The van der Waals surface area contributed by atoms with Crippen molar-refractivity contribution in [2.75, 3.05) is 78.0 Å². The van der Waals surface area contributed by atoms with Crippen LogP contribution in [0.3, 0.4) is 0 Å². The molecule has 8 nitrogen and oxygen atoms in total. The maximum absolute atomic E-state index is 5.72. The van der Waals surface area contributed by atoms with Crippen molar-refractivity contribution < 1.29 is 4.74 Å². The second-order valence-electron chi connectivity index (χ2n) is 7.64. The van der Waals surface area contributed by atoms with Gasteiger partial charge in [-0.1, -0.05) is 0 Å². The number of nitrogens with one attached hydrogen (secondary N) is 1. The van der Waals surface area contributed by atoms with Gasteiger partial charge in [-0.15, -0.1) is 0 Å². The number of anilines is 1. The predicted molar refractivity (Wildman–Crippen MR) is 113 cm³/mol. The summed E-state index contributed by atoms with van der Waals surface area (Å²) in [7, 11) is 3.91. The number of aromatic nitrogens is 2. The summed E-state index contributed by atoms with van der Waals surface area (Å²) in [6.45, 7) is 8.69. The molecular formula is C20H35N7O. The van der Waals surface area contributed by atoms with Gasteiger partial charge in [0.05, 0.1) is 6.61 Å². The van der Waals surface area contributed by atoms with Gasteiger partial charge in [0, 0.05) is 72.4 Å². The standard InChI is InChI=1S/C20H35N7O/c1-21-19(25(2)15-16-28-17-18-5-6-18)22-9-4-10-26-11-13-27(14-12-26)20-23-7-3-8-24-20/h3,7-8,18H,4-6,9-17H2,1-2H3,(H,21,22). The maximum Gasteiger partial charge on any atom is 0.225 e. The largest absolute Gasteiger partial charge is 0.379 e.